The Hall–Kier alpha value is -2.99. The van der Waals surface area contributed by atoms with Crippen molar-refractivity contribution in [3.63, 3.8) is 0 Å². The van der Waals surface area contributed by atoms with E-state index in [9.17, 15) is 14.7 Å². The van der Waals surface area contributed by atoms with Gasteiger partial charge in [0.05, 0.1) is 29.3 Å². The topological polar surface area (TPSA) is 66.8 Å². The van der Waals surface area contributed by atoms with Crippen LogP contribution in [0.1, 0.15) is 22.7 Å². The number of benzene rings is 3. The number of Topliss-reactive ketones (excluding diaryl/α,β-unsaturated/α-hetero) is 1. The summed E-state index contributed by atoms with van der Waals surface area (Å²) < 4.78 is 5.35. The van der Waals surface area contributed by atoms with Crippen molar-refractivity contribution in [2.45, 2.75) is 13.0 Å². The fraction of sp³-hybridized carbons (Fsp3) is 0.120. The van der Waals surface area contributed by atoms with Gasteiger partial charge in [-0.15, -0.1) is 0 Å². The lowest BCUT2D eigenvalue weighted by molar-refractivity contribution is -0.132. The molecule has 1 aliphatic rings. The van der Waals surface area contributed by atoms with Crippen LogP contribution in [0.2, 0.25) is 15.1 Å². The van der Waals surface area contributed by atoms with Gasteiger partial charge in [0.15, 0.2) is 0 Å². The summed E-state index contributed by atoms with van der Waals surface area (Å²) in [6.07, 6.45) is 0. The summed E-state index contributed by atoms with van der Waals surface area (Å²) in [5.41, 5.74) is 1.72. The number of hydrogen-bond donors (Lipinski definition) is 1. The highest BCUT2D eigenvalue weighted by Crippen LogP contribution is 2.46. The zero-order chi connectivity index (χ0) is 23.9. The van der Waals surface area contributed by atoms with E-state index in [1.165, 1.54) is 24.1 Å². The first-order valence-corrected chi connectivity index (χ1v) is 11.0. The second kappa shape index (κ2) is 9.10. The molecule has 3 aromatic carbocycles. The average Bonchev–Trinajstić information content (AvgIpc) is 3.06. The number of methoxy groups -OCH3 is 1. The maximum atomic E-state index is 13.3. The zero-order valence-corrected chi connectivity index (χ0v) is 19.9. The Balaban J connectivity index is 2.03. The molecule has 8 heteroatoms. The summed E-state index contributed by atoms with van der Waals surface area (Å²) in [7, 11) is 1.38. The molecule has 0 saturated carbocycles. The molecule has 4 rings (SSSR count). The molecule has 1 N–H and O–H groups in total. The smallest absolute Gasteiger partial charge is 0.300 e. The molecular weight excluding hydrogens is 485 g/mol. The molecule has 33 heavy (non-hydrogen) atoms. The minimum Gasteiger partial charge on any atom is -0.507 e. The van der Waals surface area contributed by atoms with Gasteiger partial charge in [-0.1, -0.05) is 71.2 Å². The molecule has 5 nitrogen and oxygen atoms in total. The Kier molecular flexibility index (Phi) is 6.39. The van der Waals surface area contributed by atoms with Crippen LogP contribution in [0.25, 0.3) is 5.76 Å². The summed E-state index contributed by atoms with van der Waals surface area (Å²) in [4.78, 5) is 27.9. The van der Waals surface area contributed by atoms with E-state index in [0.29, 0.717) is 21.8 Å². The first-order valence-electron chi connectivity index (χ1n) is 9.90. The molecule has 1 atom stereocenters. The lowest BCUT2D eigenvalue weighted by Gasteiger charge is -2.27. The molecule has 168 valence electrons. The maximum absolute atomic E-state index is 13.3. The van der Waals surface area contributed by atoms with Crippen molar-refractivity contribution < 1.29 is 19.4 Å². The summed E-state index contributed by atoms with van der Waals surface area (Å²) in [5, 5.41) is 12.2. The molecule has 3 aromatic rings. The van der Waals surface area contributed by atoms with Crippen molar-refractivity contribution in [3.05, 3.63) is 98.0 Å². The van der Waals surface area contributed by atoms with Crippen LogP contribution >= 0.6 is 34.8 Å². The number of rotatable bonds is 4. The van der Waals surface area contributed by atoms with Crippen molar-refractivity contribution in [1.82, 2.24) is 0 Å². The molecule has 1 saturated heterocycles. The second-order valence-corrected chi connectivity index (χ2v) is 8.68. The molecule has 0 bridgehead atoms. The fourth-order valence-electron chi connectivity index (χ4n) is 3.98. The van der Waals surface area contributed by atoms with Crippen LogP contribution in [0.4, 0.5) is 5.69 Å². The summed E-state index contributed by atoms with van der Waals surface area (Å²) in [5.74, 6) is -1.94. The highest BCUT2D eigenvalue weighted by Gasteiger charge is 2.47. The van der Waals surface area contributed by atoms with E-state index >= 15 is 0 Å². The Labute approximate surface area is 205 Å². The number of ketones is 1. The van der Waals surface area contributed by atoms with E-state index < -0.39 is 23.5 Å². The third kappa shape index (κ3) is 3.97. The Morgan fingerprint density at radius 2 is 1.67 bits per heavy atom. The molecule has 0 aliphatic carbocycles. The molecule has 1 unspecified atom stereocenters. The first-order chi connectivity index (χ1) is 15.8. The first kappa shape index (κ1) is 23.2. The minimum absolute atomic E-state index is 0.108. The normalized spacial score (nSPS) is 17.5. The molecule has 1 aliphatic heterocycles. The molecule has 0 radical (unpaired) electrons. The van der Waals surface area contributed by atoms with Crippen molar-refractivity contribution >= 4 is 57.9 Å². The van der Waals surface area contributed by atoms with Crippen LogP contribution in [0, 0.1) is 6.92 Å². The molecule has 1 heterocycles. The summed E-state index contributed by atoms with van der Waals surface area (Å²) in [6, 6.07) is 16.0. The largest absolute Gasteiger partial charge is 0.507 e. The van der Waals surface area contributed by atoms with Crippen LogP contribution in [0.15, 0.2) is 66.2 Å². The highest BCUT2D eigenvalue weighted by molar-refractivity contribution is 6.52. The molecule has 0 aromatic heterocycles. The van der Waals surface area contributed by atoms with Gasteiger partial charge in [-0.25, -0.2) is 0 Å². The number of amides is 1. The summed E-state index contributed by atoms with van der Waals surface area (Å²) in [6.45, 7) is 1.76. The molecular formula is C25H18Cl3NO4. The monoisotopic (exact) mass is 501 g/mol. The lowest BCUT2D eigenvalue weighted by atomic mass is 9.94. The van der Waals surface area contributed by atoms with Crippen LogP contribution in [-0.2, 0) is 9.59 Å². The number of aliphatic hydroxyl groups excluding tert-OH is 1. The van der Waals surface area contributed by atoms with Crippen LogP contribution in [-0.4, -0.2) is 23.9 Å². The number of nitrogens with zero attached hydrogens (tertiary/aromatic N) is 1. The minimum atomic E-state index is -0.911. The van der Waals surface area contributed by atoms with E-state index in [1.54, 1.807) is 49.4 Å². The van der Waals surface area contributed by atoms with E-state index in [1.807, 2.05) is 6.07 Å². The third-order valence-corrected chi connectivity index (χ3v) is 6.43. The number of ether oxygens (including phenoxy) is 1. The van der Waals surface area contributed by atoms with Gasteiger partial charge in [0.25, 0.3) is 11.7 Å². The SMILES string of the molecule is COc1c(Cl)cc(Cl)cc1/C(O)=C1\C(=O)C(=O)N(c2cccc(Cl)c2C)C1c1ccccc1. The average molecular weight is 503 g/mol. The number of carbonyl (C=O) groups excluding carboxylic acids is 2. The van der Waals surface area contributed by atoms with Gasteiger partial charge < -0.3 is 9.84 Å². The van der Waals surface area contributed by atoms with Crippen molar-refractivity contribution in [3.8, 4) is 5.75 Å². The lowest BCUT2D eigenvalue weighted by Crippen LogP contribution is -2.30. The Morgan fingerprint density at radius 1 is 0.970 bits per heavy atom. The summed E-state index contributed by atoms with van der Waals surface area (Å²) >= 11 is 18.7. The number of halogens is 3. The third-order valence-electron chi connectivity index (χ3n) is 5.53. The van der Waals surface area contributed by atoms with Gasteiger partial charge in [0.1, 0.15) is 11.5 Å². The molecule has 1 fully saturated rings. The molecule has 1 amide bonds. The van der Waals surface area contributed by atoms with Gasteiger partial charge in [-0.3, -0.25) is 14.5 Å². The number of anilines is 1. The van der Waals surface area contributed by atoms with Gasteiger partial charge in [0.2, 0.25) is 0 Å². The predicted molar refractivity (Wildman–Crippen MR) is 130 cm³/mol. The van der Waals surface area contributed by atoms with E-state index in [-0.39, 0.29) is 26.9 Å². The Morgan fingerprint density at radius 3 is 2.33 bits per heavy atom. The van der Waals surface area contributed by atoms with Gasteiger partial charge in [-0.2, -0.15) is 0 Å². The van der Waals surface area contributed by atoms with Crippen LogP contribution in [0.5, 0.6) is 5.75 Å². The second-order valence-electron chi connectivity index (χ2n) is 7.43. The van der Waals surface area contributed by atoms with Gasteiger partial charge >= 0.3 is 0 Å². The standard InChI is InChI=1S/C25H18Cl3NO4/c1-13-17(27)9-6-10-19(13)29-21(14-7-4-3-5-8-14)20(23(31)25(29)32)22(30)16-11-15(26)12-18(28)24(16)33-2/h3-12,21,30H,1-2H3/b22-20+. The van der Waals surface area contributed by atoms with Crippen LogP contribution < -0.4 is 9.64 Å². The Bertz CT molecular complexity index is 1300. The quantitative estimate of drug-likeness (QED) is 0.248. The van der Waals surface area contributed by atoms with Gasteiger partial charge in [0, 0.05) is 15.7 Å². The number of hydrogen-bond acceptors (Lipinski definition) is 4. The van der Waals surface area contributed by atoms with E-state index in [0.717, 1.165) is 0 Å². The highest BCUT2D eigenvalue weighted by atomic mass is 35.5. The number of carbonyl (C=O) groups is 2. The van der Waals surface area contributed by atoms with E-state index in [2.05, 4.69) is 0 Å². The van der Waals surface area contributed by atoms with Crippen molar-refractivity contribution in [1.29, 1.82) is 0 Å². The molecule has 0 spiro atoms. The number of aliphatic hydroxyl groups is 1. The van der Waals surface area contributed by atoms with Crippen molar-refractivity contribution in [2.24, 2.45) is 0 Å². The van der Waals surface area contributed by atoms with E-state index in [4.69, 9.17) is 39.5 Å². The van der Waals surface area contributed by atoms with Crippen molar-refractivity contribution in [2.75, 3.05) is 12.0 Å². The maximum Gasteiger partial charge on any atom is 0.300 e. The van der Waals surface area contributed by atoms with Gasteiger partial charge in [-0.05, 0) is 42.3 Å². The van der Waals surface area contributed by atoms with Crippen LogP contribution in [0.3, 0.4) is 0 Å². The predicted octanol–water partition coefficient (Wildman–Crippen LogP) is 6.59. The fourth-order valence-corrected chi connectivity index (χ4v) is 4.72. The zero-order valence-electron chi connectivity index (χ0n) is 17.6.